The maximum Gasteiger partial charge on any atom is 0.0755 e. The zero-order valence-electron chi connectivity index (χ0n) is 39.3. The van der Waals surface area contributed by atoms with Crippen LogP contribution in [0.4, 0.5) is 17.1 Å². The van der Waals surface area contributed by atoms with E-state index in [0.717, 1.165) is 17.1 Å². The van der Waals surface area contributed by atoms with Gasteiger partial charge in [0, 0.05) is 27.4 Å². The molecule has 0 fully saturated rings. The predicted molar refractivity (Wildman–Crippen MR) is 299 cm³/mol. The number of nitrogens with zero attached hydrogens (tertiary/aromatic N) is 2. The van der Waals surface area contributed by atoms with E-state index in [1.165, 1.54) is 116 Å². The molecule has 1 atom stereocenters. The van der Waals surface area contributed by atoms with Crippen molar-refractivity contribution in [2.45, 2.75) is 10.8 Å². The zero-order valence-corrected chi connectivity index (χ0v) is 39.3. The van der Waals surface area contributed by atoms with Gasteiger partial charge in [0.15, 0.2) is 0 Å². The molecule has 1 spiro atoms. The van der Waals surface area contributed by atoms with Gasteiger partial charge in [-0.05, 0) is 114 Å². The summed E-state index contributed by atoms with van der Waals surface area (Å²) in [5.41, 5.74) is 21.3. The molecule has 0 bridgehead atoms. The van der Waals surface area contributed by atoms with Crippen LogP contribution in [0.15, 0.2) is 267 Å². The van der Waals surface area contributed by atoms with Crippen molar-refractivity contribution in [3.05, 3.63) is 311 Å². The summed E-state index contributed by atoms with van der Waals surface area (Å²) < 4.78 is 2.53. The molecule has 0 saturated carbocycles. The van der Waals surface area contributed by atoms with E-state index in [9.17, 15) is 0 Å². The third-order valence-electron chi connectivity index (χ3n) is 16.6. The number of anilines is 3. The summed E-state index contributed by atoms with van der Waals surface area (Å²) in [7, 11) is 0. The lowest BCUT2D eigenvalue weighted by Gasteiger charge is -2.40. The summed E-state index contributed by atoms with van der Waals surface area (Å²) in [6, 6.07) is 101. The van der Waals surface area contributed by atoms with Gasteiger partial charge < -0.3 is 9.47 Å². The highest BCUT2D eigenvalue weighted by Gasteiger charge is 2.52. The first-order chi connectivity index (χ1) is 35.8. The van der Waals surface area contributed by atoms with Gasteiger partial charge in [-0.15, -0.1) is 0 Å². The van der Waals surface area contributed by atoms with Crippen LogP contribution in [0.25, 0.3) is 71.3 Å². The van der Waals surface area contributed by atoms with Gasteiger partial charge in [-0.25, -0.2) is 0 Å². The van der Waals surface area contributed by atoms with Gasteiger partial charge >= 0.3 is 0 Å². The molecule has 16 rings (SSSR count). The lowest BCUT2D eigenvalue weighted by Crippen LogP contribution is -2.33. The fourth-order valence-electron chi connectivity index (χ4n) is 14.0. The van der Waals surface area contributed by atoms with E-state index in [2.05, 4.69) is 276 Å². The molecule has 3 aliphatic rings. The number of hydrogen-bond acceptors (Lipinski definition) is 1. The molecule has 72 heavy (non-hydrogen) atoms. The Labute approximate surface area is 418 Å². The molecule has 0 radical (unpaired) electrons. The SMILES string of the molecule is c1ccc(C2(c3ccccc3)c3ccccc3-c3c2cc(N(c2ccc4ccccc4c2)c2cccc4c2-c2ccccc2C42c4ccccc4-n4c5ccccc5c5cccc2c54)c2ccccc32)cc1. The Hall–Kier alpha value is -9.24. The number of fused-ring (bicyclic) bond motifs is 18. The van der Waals surface area contributed by atoms with E-state index < -0.39 is 10.8 Å². The summed E-state index contributed by atoms with van der Waals surface area (Å²) in [6.07, 6.45) is 0. The van der Waals surface area contributed by atoms with Crippen LogP contribution in [0.3, 0.4) is 0 Å². The summed E-state index contributed by atoms with van der Waals surface area (Å²) in [5.74, 6) is 0. The summed E-state index contributed by atoms with van der Waals surface area (Å²) in [6.45, 7) is 0. The summed E-state index contributed by atoms with van der Waals surface area (Å²) in [5, 5.41) is 7.41. The molecule has 1 aliphatic heterocycles. The van der Waals surface area contributed by atoms with Gasteiger partial charge in [0.1, 0.15) is 0 Å². The maximum absolute atomic E-state index is 2.61. The van der Waals surface area contributed by atoms with Crippen molar-refractivity contribution < 1.29 is 0 Å². The molecule has 12 aromatic carbocycles. The Balaban J connectivity index is 1.06. The molecule has 1 unspecified atom stereocenters. The van der Waals surface area contributed by atoms with Crippen LogP contribution in [0, 0.1) is 0 Å². The molecule has 2 heteroatoms. The van der Waals surface area contributed by atoms with Crippen LogP contribution < -0.4 is 4.90 Å². The van der Waals surface area contributed by atoms with Gasteiger partial charge in [0.25, 0.3) is 0 Å². The van der Waals surface area contributed by atoms with Crippen LogP contribution >= 0.6 is 0 Å². The molecular weight excluding hydrogens is 869 g/mol. The smallest absolute Gasteiger partial charge is 0.0755 e. The van der Waals surface area contributed by atoms with Crippen LogP contribution in [-0.2, 0) is 10.8 Å². The van der Waals surface area contributed by atoms with E-state index >= 15 is 0 Å². The topological polar surface area (TPSA) is 8.17 Å². The summed E-state index contributed by atoms with van der Waals surface area (Å²) >= 11 is 0. The average Bonchev–Trinajstić information content (AvgIpc) is 4.07. The lowest BCUT2D eigenvalue weighted by molar-refractivity contribution is 0.748. The van der Waals surface area contributed by atoms with Gasteiger partial charge in [-0.3, -0.25) is 0 Å². The first-order valence-corrected chi connectivity index (χ1v) is 25.2. The Morgan fingerprint density at radius 3 is 1.64 bits per heavy atom. The van der Waals surface area contributed by atoms with E-state index in [1.807, 2.05) is 0 Å². The third kappa shape index (κ3) is 4.93. The van der Waals surface area contributed by atoms with Crippen molar-refractivity contribution in [3.8, 4) is 27.9 Å². The van der Waals surface area contributed by atoms with Crippen molar-refractivity contribution >= 4 is 60.4 Å². The molecule has 13 aromatic rings. The van der Waals surface area contributed by atoms with Crippen LogP contribution in [0.5, 0.6) is 0 Å². The maximum atomic E-state index is 2.61. The Kier molecular flexibility index (Phi) is 8.05. The van der Waals surface area contributed by atoms with Crippen molar-refractivity contribution in [1.82, 2.24) is 4.57 Å². The van der Waals surface area contributed by atoms with Gasteiger partial charge in [-0.2, -0.15) is 0 Å². The highest BCUT2D eigenvalue weighted by molar-refractivity contribution is 6.15. The minimum absolute atomic E-state index is 0.597. The van der Waals surface area contributed by atoms with Crippen molar-refractivity contribution in [2.75, 3.05) is 4.90 Å². The molecular formula is C70H44N2. The largest absolute Gasteiger partial charge is 0.309 e. The molecule has 0 N–H and O–H groups in total. The standard InChI is InChI=1S/C70H44N2/c1-3-23-47(24-4-1)69(48-25-5-2-6-26-48)56-33-14-11-30-54(56)66-52-29-10-9-27-50(52)65(44-61(66)69)71(49-42-41-45-21-7-8-22-46(45)43-49)64-40-20-36-59-67(64)55-31-12-15-34-57(55)70(59)58-35-16-18-39-63(58)72-62-38-17-13-28-51(62)53-32-19-37-60(70)68(53)72/h1-44H. The Bertz CT molecular complexity index is 4370. The number of aromatic nitrogens is 1. The Morgan fingerprint density at radius 2 is 0.861 bits per heavy atom. The van der Waals surface area contributed by atoms with Gasteiger partial charge in [-0.1, -0.05) is 231 Å². The molecule has 334 valence electrons. The Morgan fingerprint density at radius 1 is 0.306 bits per heavy atom. The second-order valence-corrected chi connectivity index (χ2v) is 19.8. The van der Waals surface area contributed by atoms with E-state index in [4.69, 9.17) is 0 Å². The molecule has 2 nitrogen and oxygen atoms in total. The fraction of sp³-hybridized carbons (Fsp3) is 0.0286. The van der Waals surface area contributed by atoms with Crippen molar-refractivity contribution in [2.24, 2.45) is 0 Å². The molecule has 1 aromatic heterocycles. The molecule has 0 saturated heterocycles. The zero-order chi connectivity index (χ0) is 47.1. The van der Waals surface area contributed by atoms with E-state index in [1.54, 1.807) is 0 Å². The highest BCUT2D eigenvalue weighted by Crippen LogP contribution is 2.65. The second kappa shape index (κ2) is 14.6. The minimum Gasteiger partial charge on any atom is -0.309 e. The first kappa shape index (κ1) is 39.6. The average molecular weight is 913 g/mol. The van der Waals surface area contributed by atoms with E-state index in [-0.39, 0.29) is 0 Å². The van der Waals surface area contributed by atoms with Crippen molar-refractivity contribution in [3.63, 3.8) is 0 Å². The fourth-order valence-corrected chi connectivity index (χ4v) is 14.0. The number of para-hydroxylation sites is 3. The van der Waals surface area contributed by atoms with Crippen molar-refractivity contribution in [1.29, 1.82) is 0 Å². The first-order valence-electron chi connectivity index (χ1n) is 25.2. The van der Waals surface area contributed by atoms with E-state index in [0.29, 0.717) is 0 Å². The highest BCUT2D eigenvalue weighted by atomic mass is 15.1. The molecule has 2 aliphatic carbocycles. The minimum atomic E-state index is -0.602. The molecule has 0 amide bonds. The van der Waals surface area contributed by atoms with Crippen LogP contribution in [0.1, 0.15) is 44.5 Å². The third-order valence-corrected chi connectivity index (χ3v) is 16.6. The number of benzene rings is 12. The normalized spacial score (nSPS) is 15.4. The predicted octanol–water partition coefficient (Wildman–Crippen LogP) is 17.6. The second-order valence-electron chi connectivity index (χ2n) is 19.8. The monoisotopic (exact) mass is 912 g/mol. The number of hydrogen-bond donors (Lipinski definition) is 0. The molecule has 2 heterocycles. The lowest BCUT2D eigenvalue weighted by atomic mass is 9.65. The van der Waals surface area contributed by atoms with Gasteiger partial charge in [0.05, 0.1) is 38.9 Å². The quantitative estimate of drug-likeness (QED) is 0.167. The summed E-state index contributed by atoms with van der Waals surface area (Å²) in [4.78, 5) is 2.61. The van der Waals surface area contributed by atoms with Crippen LogP contribution in [-0.4, -0.2) is 4.57 Å². The van der Waals surface area contributed by atoms with Crippen LogP contribution in [0.2, 0.25) is 0 Å². The number of rotatable bonds is 5. The van der Waals surface area contributed by atoms with Gasteiger partial charge in [0.2, 0.25) is 0 Å².